The number of nitrogens with one attached hydrogen (secondary N) is 2. The van der Waals surface area contributed by atoms with E-state index in [0.717, 1.165) is 24.1 Å². The highest BCUT2D eigenvalue weighted by Gasteiger charge is 2.37. The number of aliphatic imine (C=N–C) groups is 1. The maximum Gasteiger partial charge on any atom is 0.191 e. The molecule has 2 unspecified atom stereocenters. The van der Waals surface area contributed by atoms with Crippen LogP contribution in [0.25, 0.3) is 0 Å². The van der Waals surface area contributed by atoms with E-state index in [2.05, 4.69) is 64.8 Å². The number of nitrogens with zero attached hydrogens (tertiary/aromatic N) is 2. The average Bonchev–Trinajstić information content (AvgIpc) is 3.24. The molecule has 0 radical (unpaired) electrons. The number of hydrogen-bond acceptors (Lipinski definition) is 3. The predicted molar refractivity (Wildman–Crippen MR) is 97.0 cm³/mol. The van der Waals surface area contributed by atoms with E-state index in [9.17, 15) is 0 Å². The molecule has 1 fully saturated rings. The van der Waals surface area contributed by atoms with Crippen LogP contribution in [0.4, 0.5) is 0 Å². The van der Waals surface area contributed by atoms with Crippen molar-refractivity contribution in [2.24, 2.45) is 10.9 Å². The first kappa shape index (κ1) is 16.0. The second-order valence-electron chi connectivity index (χ2n) is 5.95. The van der Waals surface area contributed by atoms with E-state index in [1.165, 1.54) is 16.9 Å². The first-order valence-electron chi connectivity index (χ1n) is 8.24. The second-order valence-corrected chi connectivity index (χ2v) is 7.27. The standard InChI is InChI=1S/C18H24N4S/c1-3-19-18(22-12-17-20-10-13(2)23-17)21-11-15-9-16(15)14-7-5-4-6-8-14/h4-8,10,15-16H,3,9,11-12H2,1-2H3,(H2,19,21,22). The van der Waals surface area contributed by atoms with Crippen LogP contribution in [-0.2, 0) is 6.54 Å². The van der Waals surface area contributed by atoms with Gasteiger partial charge < -0.3 is 10.6 Å². The Morgan fingerprint density at radius 3 is 2.83 bits per heavy atom. The normalized spacial score (nSPS) is 20.3. The highest BCUT2D eigenvalue weighted by atomic mass is 32.1. The molecule has 3 rings (SSSR count). The van der Waals surface area contributed by atoms with Gasteiger partial charge in [0.2, 0.25) is 0 Å². The Morgan fingerprint density at radius 2 is 2.13 bits per heavy atom. The molecule has 0 aliphatic heterocycles. The highest BCUT2D eigenvalue weighted by molar-refractivity contribution is 7.11. The molecule has 1 aliphatic carbocycles. The Labute approximate surface area is 142 Å². The Hall–Kier alpha value is -1.88. The molecule has 1 saturated carbocycles. The summed E-state index contributed by atoms with van der Waals surface area (Å²) < 4.78 is 0. The van der Waals surface area contributed by atoms with Gasteiger partial charge in [-0.2, -0.15) is 0 Å². The van der Waals surface area contributed by atoms with Gasteiger partial charge in [0, 0.05) is 24.2 Å². The van der Waals surface area contributed by atoms with Crippen molar-refractivity contribution in [3.63, 3.8) is 0 Å². The number of benzene rings is 1. The van der Waals surface area contributed by atoms with E-state index < -0.39 is 0 Å². The minimum Gasteiger partial charge on any atom is -0.357 e. The van der Waals surface area contributed by atoms with Crippen LogP contribution in [-0.4, -0.2) is 24.0 Å². The Balaban J connectivity index is 1.50. The third-order valence-electron chi connectivity index (χ3n) is 4.07. The van der Waals surface area contributed by atoms with E-state index in [1.54, 1.807) is 11.3 Å². The van der Waals surface area contributed by atoms with Gasteiger partial charge in [-0.1, -0.05) is 30.3 Å². The fraction of sp³-hybridized carbons (Fsp3) is 0.444. The summed E-state index contributed by atoms with van der Waals surface area (Å²) in [5.74, 6) is 2.30. The molecule has 122 valence electrons. The van der Waals surface area contributed by atoms with E-state index in [1.807, 2.05) is 6.20 Å². The third-order valence-corrected chi connectivity index (χ3v) is 4.97. The summed E-state index contributed by atoms with van der Waals surface area (Å²) in [4.78, 5) is 10.2. The monoisotopic (exact) mass is 328 g/mol. The van der Waals surface area contributed by atoms with Gasteiger partial charge >= 0.3 is 0 Å². The molecule has 4 nitrogen and oxygen atoms in total. The maximum absolute atomic E-state index is 4.64. The molecule has 0 amide bonds. The fourth-order valence-corrected chi connectivity index (χ4v) is 3.48. The molecule has 2 aromatic rings. The van der Waals surface area contributed by atoms with Gasteiger partial charge in [0.25, 0.3) is 0 Å². The topological polar surface area (TPSA) is 49.3 Å². The molecular weight excluding hydrogens is 304 g/mol. The van der Waals surface area contributed by atoms with Crippen LogP contribution in [0, 0.1) is 12.8 Å². The first-order chi connectivity index (χ1) is 11.3. The lowest BCUT2D eigenvalue weighted by Gasteiger charge is -2.10. The van der Waals surface area contributed by atoms with Gasteiger partial charge in [0.15, 0.2) is 5.96 Å². The summed E-state index contributed by atoms with van der Waals surface area (Å²) >= 11 is 1.71. The summed E-state index contributed by atoms with van der Waals surface area (Å²) in [6, 6.07) is 10.8. The number of rotatable bonds is 6. The zero-order valence-electron chi connectivity index (χ0n) is 13.7. The van der Waals surface area contributed by atoms with Crippen LogP contribution in [0.2, 0.25) is 0 Å². The van der Waals surface area contributed by atoms with E-state index in [-0.39, 0.29) is 0 Å². The second kappa shape index (κ2) is 7.59. The van der Waals surface area contributed by atoms with E-state index >= 15 is 0 Å². The molecule has 5 heteroatoms. The number of thiazole rings is 1. The summed E-state index contributed by atoms with van der Waals surface area (Å²) in [5, 5.41) is 7.85. The quantitative estimate of drug-likeness (QED) is 0.632. The lowest BCUT2D eigenvalue weighted by Crippen LogP contribution is -2.38. The summed E-state index contributed by atoms with van der Waals surface area (Å²) in [6.07, 6.45) is 3.17. The van der Waals surface area contributed by atoms with Crippen LogP contribution in [0.1, 0.15) is 34.7 Å². The SMILES string of the molecule is CCNC(=NCc1ncc(C)s1)NCC1CC1c1ccccc1. The Kier molecular flexibility index (Phi) is 5.28. The van der Waals surface area contributed by atoms with Crippen LogP contribution >= 0.6 is 11.3 Å². The number of hydrogen-bond donors (Lipinski definition) is 2. The molecule has 1 aromatic carbocycles. The van der Waals surface area contributed by atoms with Gasteiger partial charge in [0.1, 0.15) is 5.01 Å². The molecule has 0 spiro atoms. The smallest absolute Gasteiger partial charge is 0.191 e. The van der Waals surface area contributed by atoms with E-state index in [4.69, 9.17) is 0 Å². The van der Waals surface area contributed by atoms with Gasteiger partial charge in [-0.15, -0.1) is 11.3 Å². The molecule has 1 aliphatic rings. The molecule has 2 N–H and O–H groups in total. The van der Waals surface area contributed by atoms with Crippen molar-refractivity contribution < 1.29 is 0 Å². The zero-order chi connectivity index (χ0) is 16.1. The van der Waals surface area contributed by atoms with Crippen molar-refractivity contribution in [3.05, 3.63) is 52.0 Å². The summed E-state index contributed by atoms with van der Waals surface area (Å²) in [5.41, 5.74) is 1.46. The van der Waals surface area contributed by atoms with Gasteiger partial charge in [-0.05, 0) is 37.7 Å². The van der Waals surface area contributed by atoms with Gasteiger partial charge in [0.05, 0.1) is 6.54 Å². The number of aryl methyl sites for hydroxylation is 1. The Bertz CT molecular complexity index is 650. The van der Waals surface area contributed by atoms with Crippen LogP contribution in [0.5, 0.6) is 0 Å². The lowest BCUT2D eigenvalue weighted by atomic mass is 10.1. The minimum atomic E-state index is 0.640. The first-order valence-corrected chi connectivity index (χ1v) is 9.06. The van der Waals surface area contributed by atoms with Gasteiger partial charge in [-0.25, -0.2) is 9.98 Å². The summed E-state index contributed by atoms with van der Waals surface area (Å²) in [7, 11) is 0. The van der Waals surface area contributed by atoms with Crippen molar-refractivity contribution in [1.82, 2.24) is 15.6 Å². The minimum absolute atomic E-state index is 0.640. The molecule has 23 heavy (non-hydrogen) atoms. The molecule has 0 bridgehead atoms. The predicted octanol–water partition coefficient (Wildman–Crippen LogP) is 3.31. The molecule has 2 atom stereocenters. The molecule has 1 aromatic heterocycles. The zero-order valence-corrected chi connectivity index (χ0v) is 14.6. The molecule has 1 heterocycles. The van der Waals surface area contributed by atoms with Gasteiger partial charge in [-0.3, -0.25) is 0 Å². The van der Waals surface area contributed by atoms with E-state index in [0.29, 0.717) is 18.4 Å². The highest BCUT2D eigenvalue weighted by Crippen LogP contribution is 2.46. The molecule has 0 saturated heterocycles. The lowest BCUT2D eigenvalue weighted by molar-refractivity contribution is 0.720. The van der Waals surface area contributed by atoms with Crippen molar-refractivity contribution in [1.29, 1.82) is 0 Å². The van der Waals surface area contributed by atoms with Crippen molar-refractivity contribution in [2.75, 3.05) is 13.1 Å². The molecular formula is C18H24N4S. The summed E-state index contributed by atoms with van der Waals surface area (Å²) in [6.45, 7) is 6.65. The maximum atomic E-state index is 4.64. The average molecular weight is 328 g/mol. The largest absolute Gasteiger partial charge is 0.357 e. The number of aromatic nitrogens is 1. The Morgan fingerprint density at radius 1 is 1.30 bits per heavy atom. The third kappa shape index (κ3) is 4.55. The van der Waals surface area contributed by atoms with Crippen molar-refractivity contribution in [2.45, 2.75) is 32.7 Å². The van der Waals surface area contributed by atoms with Crippen molar-refractivity contribution >= 4 is 17.3 Å². The van der Waals surface area contributed by atoms with Crippen molar-refractivity contribution in [3.8, 4) is 0 Å². The van der Waals surface area contributed by atoms with Crippen LogP contribution < -0.4 is 10.6 Å². The number of guanidine groups is 1. The van der Waals surface area contributed by atoms with Crippen LogP contribution in [0.3, 0.4) is 0 Å². The fourth-order valence-electron chi connectivity index (χ4n) is 2.77. The van der Waals surface area contributed by atoms with Crippen LogP contribution in [0.15, 0.2) is 41.5 Å².